The minimum atomic E-state index is 0.140. The van der Waals surface area contributed by atoms with Gasteiger partial charge >= 0.3 is 0 Å². The number of likely N-dealkylation sites (tertiary alicyclic amines) is 1. The third-order valence-electron chi connectivity index (χ3n) is 3.60. The lowest BCUT2D eigenvalue weighted by Crippen LogP contribution is -2.36. The van der Waals surface area contributed by atoms with Crippen molar-refractivity contribution in [3.63, 3.8) is 0 Å². The molecule has 0 N–H and O–H groups in total. The summed E-state index contributed by atoms with van der Waals surface area (Å²) in [6.45, 7) is 0.869. The van der Waals surface area contributed by atoms with Gasteiger partial charge in [0.25, 0.3) is 5.91 Å². The molecule has 0 bridgehead atoms. The number of benzene rings is 1. The molecule has 4 heteroatoms. The first-order chi connectivity index (χ1) is 9.34. The Morgan fingerprint density at radius 3 is 2.95 bits per heavy atom. The summed E-state index contributed by atoms with van der Waals surface area (Å²) in [5.74, 6) is 0.140. The Morgan fingerprint density at radius 2 is 2.21 bits per heavy atom. The van der Waals surface area contributed by atoms with E-state index < -0.39 is 0 Å². The van der Waals surface area contributed by atoms with Crippen molar-refractivity contribution in [2.45, 2.75) is 25.3 Å². The summed E-state index contributed by atoms with van der Waals surface area (Å²) < 4.78 is 0. The number of nitrogens with zero attached hydrogens (tertiary/aromatic N) is 2. The number of hydrogen-bond acceptors (Lipinski definition) is 3. The summed E-state index contributed by atoms with van der Waals surface area (Å²) in [7, 11) is 0. The van der Waals surface area contributed by atoms with Gasteiger partial charge in [-0.25, -0.2) is 0 Å². The lowest BCUT2D eigenvalue weighted by atomic mass is 10.0. The molecule has 98 valence electrons. The van der Waals surface area contributed by atoms with E-state index in [1.54, 1.807) is 11.7 Å². The van der Waals surface area contributed by atoms with E-state index in [2.05, 4.69) is 29.2 Å². The van der Waals surface area contributed by atoms with Gasteiger partial charge in [-0.1, -0.05) is 30.3 Å². The maximum atomic E-state index is 12.4. The largest absolute Gasteiger partial charge is 0.335 e. The van der Waals surface area contributed by atoms with Crippen LogP contribution < -0.4 is 0 Å². The molecular formula is C15H16N2OS. The van der Waals surface area contributed by atoms with Gasteiger partial charge in [-0.05, 0) is 24.8 Å². The van der Waals surface area contributed by atoms with Gasteiger partial charge in [0.1, 0.15) is 4.88 Å². The standard InChI is InChI=1S/C15H16N2OS/c18-15(14-10-16-11-19-14)17-8-4-7-13(17)9-12-5-2-1-3-6-12/h1-3,5-6,10-11,13H,4,7-9H2. The highest BCUT2D eigenvalue weighted by atomic mass is 32.1. The van der Waals surface area contributed by atoms with Crippen molar-refractivity contribution < 1.29 is 4.79 Å². The van der Waals surface area contributed by atoms with Crippen LogP contribution >= 0.6 is 11.3 Å². The number of hydrogen-bond donors (Lipinski definition) is 0. The number of rotatable bonds is 3. The molecule has 0 saturated carbocycles. The van der Waals surface area contributed by atoms with Crippen LogP contribution in [0.15, 0.2) is 42.0 Å². The highest BCUT2D eigenvalue weighted by molar-refractivity contribution is 7.11. The van der Waals surface area contributed by atoms with Gasteiger partial charge in [-0.2, -0.15) is 0 Å². The minimum absolute atomic E-state index is 0.140. The van der Waals surface area contributed by atoms with E-state index in [9.17, 15) is 4.79 Å². The Balaban J connectivity index is 1.73. The zero-order valence-corrected chi connectivity index (χ0v) is 11.5. The van der Waals surface area contributed by atoms with Gasteiger partial charge in [-0.3, -0.25) is 9.78 Å². The first-order valence-electron chi connectivity index (χ1n) is 6.58. The third-order valence-corrected chi connectivity index (χ3v) is 4.36. The maximum Gasteiger partial charge on any atom is 0.265 e. The molecule has 0 radical (unpaired) electrons. The van der Waals surface area contributed by atoms with Gasteiger partial charge in [0.15, 0.2) is 0 Å². The van der Waals surface area contributed by atoms with Gasteiger partial charge in [0, 0.05) is 12.6 Å². The van der Waals surface area contributed by atoms with Gasteiger partial charge in [0.05, 0.1) is 11.7 Å². The van der Waals surface area contributed by atoms with E-state index >= 15 is 0 Å². The molecule has 1 saturated heterocycles. The molecule has 3 nitrogen and oxygen atoms in total. The summed E-state index contributed by atoms with van der Waals surface area (Å²) in [4.78, 5) is 19.2. The average Bonchev–Trinajstić information content (AvgIpc) is 3.10. The quantitative estimate of drug-likeness (QED) is 0.860. The molecule has 1 aliphatic rings. The smallest absolute Gasteiger partial charge is 0.265 e. The van der Waals surface area contributed by atoms with Crippen LogP contribution in [-0.4, -0.2) is 28.4 Å². The molecule has 0 aliphatic carbocycles. The summed E-state index contributed by atoms with van der Waals surface area (Å²) in [6, 6.07) is 10.7. The first-order valence-corrected chi connectivity index (χ1v) is 7.46. The fourth-order valence-electron chi connectivity index (χ4n) is 2.66. The SMILES string of the molecule is O=C(c1cncs1)N1CCCC1Cc1ccccc1. The number of aromatic nitrogens is 1. The van der Waals surface area contributed by atoms with Crippen molar-refractivity contribution in [2.24, 2.45) is 0 Å². The topological polar surface area (TPSA) is 33.2 Å². The average molecular weight is 272 g/mol. The van der Waals surface area contributed by atoms with Crippen LogP contribution in [0.5, 0.6) is 0 Å². The van der Waals surface area contributed by atoms with Crippen molar-refractivity contribution in [1.82, 2.24) is 9.88 Å². The molecular weight excluding hydrogens is 256 g/mol. The van der Waals surface area contributed by atoms with Gasteiger partial charge < -0.3 is 4.90 Å². The van der Waals surface area contributed by atoms with Crippen LogP contribution in [-0.2, 0) is 6.42 Å². The summed E-state index contributed by atoms with van der Waals surface area (Å²) >= 11 is 1.42. The zero-order chi connectivity index (χ0) is 13.1. The lowest BCUT2D eigenvalue weighted by molar-refractivity contribution is 0.0741. The molecule has 3 rings (SSSR count). The Morgan fingerprint density at radius 1 is 1.37 bits per heavy atom. The van der Waals surface area contributed by atoms with E-state index in [1.807, 2.05) is 11.0 Å². The highest BCUT2D eigenvalue weighted by Gasteiger charge is 2.29. The maximum absolute atomic E-state index is 12.4. The van der Waals surface area contributed by atoms with Gasteiger partial charge in [-0.15, -0.1) is 11.3 Å². The van der Waals surface area contributed by atoms with E-state index in [0.717, 1.165) is 30.7 Å². The number of carbonyl (C=O) groups excluding carboxylic acids is 1. The van der Waals surface area contributed by atoms with E-state index in [-0.39, 0.29) is 5.91 Å². The number of amides is 1. The van der Waals surface area contributed by atoms with Crippen LogP contribution in [0, 0.1) is 0 Å². The predicted octanol–water partition coefficient (Wildman–Crippen LogP) is 2.99. The monoisotopic (exact) mass is 272 g/mol. The normalized spacial score (nSPS) is 18.7. The van der Waals surface area contributed by atoms with E-state index in [4.69, 9.17) is 0 Å². The molecule has 2 heterocycles. The molecule has 2 aromatic rings. The second-order valence-electron chi connectivity index (χ2n) is 4.85. The van der Waals surface area contributed by atoms with Crippen molar-refractivity contribution >= 4 is 17.2 Å². The Bertz CT molecular complexity index is 539. The van der Waals surface area contributed by atoms with Crippen molar-refractivity contribution in [3.8, 4) is 0 Å². The Hall–Kier alpha value is -1.68. The predicted molar refractivity (Wildman–Crippen MR) is 76.3 cm³/mol. The summed E-state index contributed by atoms with van der Waals surface area (Å²) in [5, 5.41) is 0. The Labute approximate surface area is 116 Å². The van der Waals surface area contributed by atoms with Crippen molar-refractivity contribution in [2.75, 3.05) is 6.54 Å². The van der Waals surface area contributed by atoms with E-state index in [1.165, 1.54) is 16.9 Å². The number of thiazole rings is 1. The second-order valence-corrected chi connectivity index (χ2v) is 5.74. The third kappa shape index (κ3) is 2.68. The molecule has 1 unspecified atom stereocenters. The lowest BCUT2D eigenvalue weighted by Gasteiger charge is -2.24. The molecule has 19 heavy (non-hydrogen) atoms. The fraction of sp³-hybridized carbons (Fsp3) is 0.333. The molecule has 0 spiro atoms. The highest BCUT2D eigenvalue weighted by Crippen LogP contribution is 2.24. The molecule has 1 aromatic carbocycles. The van der Waals surface area contributed by atoms with Crippen molar-refractivity contribution in [1.29, 1.82) is 0 Å². The summed E-state index contributed by atoms with van der Waals surface area (Å²) in [5.41, 5.74) is 3.02. The zero-order valence-electron chi connectivity index (χ0n) is 10.7. The van der Waals surface area contributed by atoms with Crippen LogP contribution in [0.3, 0.4) is 0 Å². The minimum Gasteiger partial charge on any atom is -0.335 e. The molecule has 1 aliphatic heterocycles. The molecule has 1 atom stereocenters. The molecule has 1 fully saturated rings. The van der Waals surface area contributed by atoms with Gasteiger partial charge in [0.2, 0.25) is 0 Å². The van der Waals surface area contributed by atoms with Crippen LogP contribution in [0.25, 0.3) is 0 Å². The fourth-order valence-corrected chi connectivity index (χ4v) is 3.24. The second kappa shape index (κ2) is 5.53. The Kier molecular flexibility index (Phi) is 3.60. The summed E-state index contributed by atoms with van der Waals surface area (Å²) in [6.07, 6.45) is 4.82. The number of carbonyl (C=O) groups is 1. The first kappa shape index (κ1) is 12.4. The molecule has 1 aromatic heterocycles. The molecule has 1 amide bonds. The van der Waals surface area contributed by atoms with Crippen LogP contribution in [0.2, 0.25) is 0 Å². The van der Waals surface area contributed by atoms with Crippen molar-refractivity contribution in [3.05, 3.63) is 52.5 Å². The van der Waals surface area contributed by atoms with E-state index in [0.29, 0.717) is 6.04 Å². The van der Waals surface area contributed by atoms with Crippen LogP contribution in [0.4, 0.5) is 0 Å². The van der Waals surface area contributed by atoms with Crippen LogP contribution in [0.1, 0.15) is 28.1 Å².